The van der Waals surface area contributed by atoms with Gasteiger partial charge >= 0.3 is 17.9 Å². The molecule has 25 nitrogen and oxygen atoms in total. The van der Waals surface area contributed by atoms with Gasteiger partial charge in [-0.1, -0.05) is 71.2 Å². The van der Waals surface area contributed by atoms with Crippen molar-refractivity contribution < 1.29 is 58.3 Å². The number of methoxy groups -OCH3 is 3. The first kappa shape index (κ1) is 75.2. The van der Waals surface area contributed by atoms with Gasteiger partial charge in [0.2, 0.25) is 0 Å². The number of nitrogens with one attached hydrogen (secondary N) is 3. The number of hydrogen-bond acceptors (Lipinski definition) is 19. The summed E-state index contributed by atoms with van der Waals surface area (Å²) in [6.45, 7) is 0. The summed E-state index contributed by atoms with van der Waals surface area (Å²) in [5.74, 6) is 0.841. The topological polar surface area (TPSA) is 317 Å². The van der Waals surface area contributed by atoms with E-state index in [2.05, 4.69) is 45.9 Å². The van der Waals surface area contributed by atoms with E-state index in [0.29, 0.717) is 122 Å². The highest BCUT2D eigenvalue weighted by Crippen LogP contribution is 2.31. The van der Waals surface area contributed by atoms with Gasteiger partial charge in [0.05, 0.1) is 40.6 Å². The number of nitrogens with zero attached hydrogens (tertiary/aromatic N) is 10. The molecule has 0 atom stereocenters. The number of carboxylic acids is 3. The van der Waals surface area contributed by atoms with E-state index in [1.807, 2.05) is 79.7 Å². The molecule has 6 N–H and O–H groups in total. The van der Waals surface area contributed by atoms with E-state index < -0.39 is 17.9 Å². The number of benzene rings is 6. The Hall–Kier alpha value is -11.2. The number of halogens is 3. The van der Waals surface area contributed by atoms with Crippen LogP contribution in [-0.2, 0) is 52.9 Å². The van der Waals surface area contributed by atoms with Crippen molar-refractivity contribution in [2.75, 3.05) is 113 Å². The van der Waals surface area contributed by atoms with Crippen molar-refractivity contribution in [3.05, 3.63) is 223 Å². The number of aromatic nitrogens is 6. The van der Waals surface area contributed by atoms with Gasteiger partial charge in [-0.2, -0.15) is 0 Å². The molecule has 0 aliphatic heterocycles. The first-order chi connectivity index (χ1) is 47.1. The quantitative estimate of drug-likeness (QED) is 0.0290. The second-order valence-electron chi connectivity index (χ2n) is 22.8. The lowest BCUT2D eigenvalue weighted by molar-refractivity contribution is -0.137. The molecule has 6 aromatic carbocycles. The van der Waals surface area contributed by atoms with Crippen LogP contribution >= 0.6 is 34.8 Å². The summed E-state index contributed by atoms with van der Waals surface area (Å²) in [5, 5.41) is 36.4. The number of rotatable bonds is 25. The molecule has 99 heavy (non-hydrogen) atoms. The van der Waals surface area contributed by atoms with E-state index in [1.165, 1.54) is 14.2 Å². The van der Waals surface area contributed by atoms with Crippen LogP contribution in [0.1, 0.15) is 81.9 Å². The monoisotopic (exact) mass is 1410 g/mol. The maximum Gasteiger partial charge on any atom is 0.308 e. The van der Waals surface area contributed by atoms with Gasteiger partial charge in [-0.25, -0.2) is 29.9 Å². The largest absolute Gasteiger partial charge is 0.497 e. The number of carboxylic acid groups (broad SMARTS) is 3. The Morgan fingerprint density at radius 1 is 0.374 bits per heavy atom. The summed E-state index contributed by atoms with van der Waals surface area (Å²) in [6, 6.07) is 41.1. The highest BCUT2D eigenvalue weighted by Gasteiger charge is 2.22. The van der Waals surface area contributed by atoms with Gasteiger partial charge in [0.15, 0.2) is 11.5 Å². The lowest BCUT2D eigenvalue weighted by Gasteiger charge is -2.17. The number of amides is 3. The maximum absolute atomic E-state index is 12.6. The van der Waals surface area contributed by atoms with Crippen molar-refractivity contribution in [2.24, 2.45) is 0 Å². The first-order valence-corrected chi connectivity index (χ1v) is 31.4. The Morgan fingerprint density at radius 3 is 0.960 bits per heavy atom. The van der Waals surface area contributed by atoms with Crippen LogP contribution in [0.4, 0.5) is 40.2 Å². The fourth-order valence-corrected chi connectivity index (χ4v) is 10.4. The molecule has 0 unspecified atom stereocenters. The molecule has 0 aliphatic carbocycles. The van der Waals surface area contributed by atoms with Crippen LogP contribution in [0.25, 0.3) is 0 Å². The van der Waals surface area contributed by atoms with Crippen LogP contribution in [-0.4, -0.2) is 159 Å². The molecule has 28 heteroatoms. The number of carbonyl (C=O) groups is 6. The molecule has 3 heterocycles. The van der Waals surface area contributed by atoms with Gasteiger partial charge < -0.3 is 65.1 Å². The highest BCUT2D eigenvalue weighted by atomic mass is 35.5. The van der Waals surface area contributed by atoms with Crippen LogP contribution < -0.4 is 49.8 Å². The number of hydrogen-bond donors (Lipinski definition) is 6. The maximum atomic E-state index is 12.6. The standard InChI is InChI=1S/C24H26ClN5O3.C24H25ClN4O5.C23H23ClN4O4/c1-29(2)18-11-7-16(8-12-18)24(33)26-17-9-5-15(6-10-17)13-20-27-22(25)19(14-21(31)32)23(28-20)30(3)4;1-29(2)23-17(13-21(30)31)22(25)27-20(28-23)11-14-5-8-16(9-6-14)26-24(32)15-7-10-18(33-3)19(12-15)34-4;1-28(2)22-18(13-20(29)30)21(24)26-19(27-22)12-14-4-8-16(9-5-14)25-23(31)15-6-10-17(32-3)11-7-15/h5-12H,13-14H2,1-4H3,(H,26,33)(H,31,32);5-10,12H,11,13H2,1-4H3,(H,26,32)(H,30,31);4-11H,12-13H2,1-3H3,(H,25,31)(H,29,30). The van der Waals surface area contributed by atoms with Crippen molar-refractivity contribution in [3.63, 3.8) is 0 Å². The van der Waals surface area contributed by atoms with E-state index in [9.17, 15) is 28.8 Å². The van der Waals surface area contributed by atoms with Gasteiger partial charge in [0, 0.05) is 132 Å². The van der Waals surface area contributed by atoms with E-state index in [1.54, 1.807) is 143 Å². The predicted octanol–water partition coefficient (Wildman–Crippen LogP) is 11.1. The summed E-state index contributed by atoms with van der Waals surface area (Å²) >= 11 is 18.8. The van der Waals surface area contributed by atoms with Crippen molar-refractivity contribution >= 4 is 111 Å². The minimum atomic E-state index is -1.01. The summed E-state index contributed by atoms with van der Waals surface area (Å²) in [7, 11) is 19.1. The average Bonchev–Trinajstić information content (AvgIpc) is 0.877. The normalized spacial score (nSPS) is 10.5. The Balaban J connectivity index is 0.000000209. The second kappa shape index (κ2) is 35.2. The summed E-state index contributed by atoms with van der Waals surface area (Å²) < 4.78 is 15.5. The fraction of sp³-hybridized carbons (Fsp3) is 0.239. The van der Waals surface area contributed by atoms with E-state index in [4.69, 9.17) is 64.3 Å². The smallest absolute Gasteiger partial charge is 0.308 e. The SMILES string of the molecule is CN(C)c1ccc(C(=O)Nc2ccc(Cc3nc(Cl)c(CC(=O)O)c(N(C)C)n3)cc2)cc1.COc1ccc(C(=O)Nc2ccc(Cc3nc(Cl)c(CC(=O)O)c(N(C)C)n3)cc2)cc1.COc1ccc(C(=O)Nc2ccc(Cc3nc(Cl)c(CC(=O)O)c(N(C)C)n3)cc2)cc1OC. The van der Waals surface area contributed by atoms with E-state index in [0.717, 1.165) is 22.4 Å². The molecule has 3 amide bonds. The van der Waals surface area contributed by atoms with Crippen LogP contribution in [0.5, 0.6) is 17.2 Å². The highest BCUT2D eigenvalue weighted by molar-refractivity contribution is 6.31. The van der Waals surface area contributed by atoms with Gasteiger partial charge in [0.25, 0.3) is 17.7 Å². The Morgan fingerprint density at radius 2 is 0.677 bits per heavy atom. The number of aliphatic carboxylic acids is 3. The number of ether oxygens (including phenoxy) is 3. The average molecular weight is 1410 g/mol. The zero-order chi connectivity index (χ0) is 72.2. The van der Waals surface area contributed by atoms with E-state index in [-0.39, 0.29) is 52.4 Å². The van der Waals surface area contributed by atoms with Gasteiger partial charge in [-0.3, -0.25) is 28.8 Å². The van der Waals surface area contributed by atoms with Crippen molar-refractivity contribution in [3.8, 4) is 17.2 Å². The molecular weight excluding hydrogens is 1330 g/mol. The van der Waals surface area contributed by atoms with Crippen molar-refractivity contribution in [2.45, 2.75) is 38.5 Å². The molecule has 0 bridgehead atoms. The van der Waals surface area contributed by atoms with Crippen LogP contribution in [0.15, 0.2) is 140 Å². The van der Waals surface area contributed by atoms with Gasteiger partial charge in [0.1, 0.15) is 56.1 Å². The summed E-state index contributed by atoms with van der Waals surface area (Å²) in [4.78, 5) is 104. The zero-order valence-corrected chi connectivity index (χ0v) is 58.4. The molecule has 0 spiro atoms. The molecule has 516 valence electrons. The van der Waals surface area contributed by atoms with Crippen LogP contribution in [0.3, 0.4) is 0 Å². The lowest BCUT2D eigenvalue weighted by Crippen LogP contribution is -2.18. The van der Waals surface area contributed by atoms with Crippen molar-refractivity contribution in [1.29, 1.82) is 0 Å². The van der Waals surface area contributed by atoms with E-state index >= 15 is 0 Å². The zero-order valence-electron chi connectivity index (χ0n) is 56.1. The molecule has 0 saturated carbocycles. The van der Waals surface area contributed by atoms with Gasteiger partial charge in [-0.15, -0.1) is 0 Å². The first-order valence-electron chi connectivity index (χ1n) is 30.3. The molecular formula is C71H74Cl3N13O12. The Bertz CT molecular complexity index is 4340. The second-order valence-corrected chi connectivity index (χ2v) is 23.9. The third-order valence-electron chi connectivity index (χ3n) is 14.6. The van der Waals surface area contributed by atoms with Gasteiger partial charge in [-0.05, 0) is 120 Å². The number of carbonyl (C=O) groups excluding carboxylic acids is 3. The molecule has 9 rings (SSSR count). The summed E-state index contributed by atoms with van der Waals surface area (Å²) in [6.07, 6.45) is 0.432. The van der Waals surface area contributed by atoms with Crippen LogP contribution in [0, 0.1) is 0 Å². The summed E-state index contributed by atoms with van der Waals surface area (Å²) in [5.41, 5.74) is 8.37. The molecule has 3 aromatic heterocycles. The minimum absolute atomic E-state index is 0.120. The Kier molecular flexibility index (Phi) is 26.8. The fourth-order valence-electron chi connectivity index (χ4n) is 9.63. The molecule has 0 saturated heterocycles. The third-order valence-corrected chi connectivity index (χ3v) is 15.5. The minimum Gasteiger partial charge on any atom is -0.497 e. The van der Waals surface area contributed by atoms with Crippen LogP contribution in [0.2, 0.25) is 15.5 Å². The van der Waals surface area contributed by atoms with Crippen molar-refractivity contribution in [1.82, 2.24) is 29.9 Å². The molecule has 0 fully saturated rings. The third kappa shape index (κ3) is 21.7. The predicted molar refractivity (Wildman–Crippen MR) is 383 cm³/mol. The lowest BCUT2D eigenvalue weighted by atomic mass is 10.1. The molecule has 0 radical (unpaired) electrons. The molecule has 9 aromatic rings. The number of anilines is 7. The Labute approximate surface area is 587 Å². The molecule has 0 aliphatic rings.